The largest absolute Gasteiger partial charge is 0.371 e. The lowest BCUT2D eigenvalue weighted by Gasteiger charge is -2.41. The predicted octanol–water partition coefficient (Wildman–Crippen LogP) is 3.96. The number of rotatable bonds is 5. The summed E-state index contributed by atoms with van der Waals surface area (Å²) in [5.41, 5.74) is 3.39. The third-order valence-corrected chi connectivity index (χ3v) is 6.09. The molecule has 5 nitrogen and oxygen atoms in total. The molecule has 4 rings (SSSR count). The average molecular weight is 428 g/mol. The van der Waals surface area contributed by atoms with E-state index in [0.717, 1.165) is 31.1 Å². The molecule has 0 aromatic heterocycles. The summed E-state index contributed by atoms with van der Waals surface area (Å²) in [5.74, 6) is 0.512. The molecule has 27 heavy (non-hydrogen) atoms. The van der Waals surface area contributed by atoms with Crippen LogP contribution in [0.15, 0.2) is 53.0 Å². The van der Waals surface area contributed by atoms with Crippen LogP contribution >= 0.6 is 15.9 Å². The number of nitrogens with zero attached hydrogens (tertiary/aromatic N) is 2. The van der Waals surface area contributed by atoms with Gasteiger partial charge in [0.15, 0.2) is 0 Å². The quantitative estimate of drug-likeness (QED) is 0.785. The molecule has 3 amide bonds. The Morgan fingerprint density at radius 3 is 2.41 bits per heavy atom. The van der Waals surface area contributed by atoms with Gasteiger partial charge >= 0.3 is 6.03 Å². The van der Waals surface area contributed by atoms with Crippen molar-refractivity contribution in [2.24, 2.45) is 5.92 Å². The van der Waals surface area contributed by atoms with Crippen LogP contribution in [-0.4, -0.2) is 31.6 Å². The Bertz CT molecular complexity index is 847. The lowest BCUT2D eigenvalue weighted by atomic mass is 9.92. The monoisotopic (exact) mass is 427 g/mol. The van der Waals surface area contributed by atoms with Crippen LogP contribution in [0.5, 0.6) is 0 Å². The Labute approximate surface area is 167 Å². The van der Waals surface area contributed by atoms with Gasteiger partial charge in [0.1, 0.15) is 0 Å². The maximum Gasteiger partial charge on any atom is 0.328 e. The van der Waals surface area contributed by atoms with E-state index in [9.17, 15) is 9.59 Å². The van der Waals surface area contributed by atoms with Gasteiger partial charge in [-0.3, -0.25) is 15.0 Å². The maximum atomic E-state index is 11.9. The van der Waals surface area contributed by atoms with Crippen LogP contribution in [0, 0.1) is 5.92 Å². The number of amides is 3. The molecule has 0 radical (unpaired) electrons. The Morgan fingerprint density at radius 2 is 1.70 bits per heavy atom. The number of benzene rings is 2. The summed E-state index contributed by atoms with van der Waals surface area (Å²) in [6.45, 7) is 2.58. The molecule has 2 aliphatic heterocycles. The molecule has 2 aromatic rings. The minimum Gasteiger partial charge on any atom is -0.371 e. The van der Waals surface area contributed by atoms with Gasteiger partial charge in [-0.25, -0.2) is 4.79 Å². The molecule has 6 heteroatoms. The fraction of sp³-hybridized carbons (Fsp3) is 0.333. The van der Waals surface area contributed by atoms with Crippen LogP contribution in [-0.2, 0) is 11.2 Å². The van der Waals surface area contributed by atoms with E-state index in [1.807, 2.05) is 18.2 Å². The summed E-state index contributed by atoms with van der Waals surface area (Å²) in [5, 5.41) is 2.36. The molecule has 2 aromatic carbocycles. The molecule has 0 aliphatic carbocycles. The Hall–Kier alpha value is -2.34. The lowest BCUT2D eigenvalue weighted by molar-refractivity contribution is -0.120. The molecule has 1 N–H and O–H groups in total. The van der Waals surface area contributed by atoms with Crippen molar-refractivity contribution in [3.05, 3.63) is 58.6 Å². The van der Waals surface area contributed by atoms with Crippen LogP contribution in [0.4, 0.5) is 16.2 Å². The number of nitrogens with one attached hydrogen (secondary N) is 1. The van der Waals surface area contributed by atoms with Crippen LogP contribution in [0.3, 0.4) is 0 Å². The second-order valence-electron chi connectivity index (χ2n) is 7.17. The summed E-state index contributed by atoms with van der Waals surface area (Å²) in [6, 6.07) is 16.1. The van der Waals surface area contributed by atoms with Crippen LogP contribution < -0.4 is 15.1 Å². The van der Waals surface area contributed by atoms with Crippen molar-refractivity contribution in [1.29, 1.82) is 0 Å². The number of anilines is 2. The molecule has 0 atom stereocenters. The molecule has 0 bridgehead atoms. The van der Waals surface area contributed by atoms with E-state index in [1.165, 1.54) is 22.1 Å². The van der Waals surface area contributed by atoms with Gasteiger partial charge in [0, 0.05) is 41.9 Å². The van der Waals surface area contributed by atoms with Gasteiger partial charge in [-0.15, -0.1) is 0 Å². The number of hydrogen-bond acceptors (Lipinski definition) is 3. The van der Waals surface area contributed by atoms with E-state index in [2.05, 4.69) is 56.5 Å². The van der Waals surface area contributed by atoms with Crippen LogP contribution in [0.1, 0.15) is 18.4 Å². The van der Waals surface area contributed by atoms with Gasteiger partial charge in [0.2, 0.25) is 5.91 Å². The van der Waals surface area contributed by atoms with Crippen molar-refractivity contribution in [1.82, 2.24) is 5.32 Å². The van der Waals surface area contributed by atoms with Crippen LogP contribution in [0.25, 0.3) is 0 Å². The highest BCUT2D eigenvalue weighted by atomic mass is 79.9. The minimum absolute atomic E-state index is 0.206. The number of aryl methyl sites for hydroxylation is 1. The zero-order valence-electron chi connectivity index (χ0n) is 15.0. The molecule has 2 heterocycles. The molecule has 0 spiro atoms. The molecule has 2 aliphatic rings. The molecule has 0 saturated carbocycles. The standard InChI is InChI=1S/C21H22BrN3O2/c22-19-4-2-1-3-16(19)6-5-15-13-24(14-15)17-7-9-18(10-8-17)25-12-11-20(26)23-21(25)27/h1-4,7-10,15H,5-6,11-14H2,(H,23,26,27). The molecule has 2 fully saturated rings. The van der Waals surface area contributed by atoms with Gasteiger partial charge < -0.3 is 4.90 Å². The van der Waals surface area contributed by atoms with Crippen LogP contribution in [0.2, 0.25) is 0 Å². The van der Waals surface area contributed by atoms with E-state index in [0.29, 0.717) is 13.0 Å². The minimum atomic E-state index is -0.338. The second-order valence-corrected chi connectivity index (χ2v) is 8.03. The highest BCUT2D eigenvalue weighted by Crippen LogP contribution is 2.30. The fourth-order valence-corrected chi connectivity index (χ4v) is 4.16. The summed E-state index contributed by atoms with van der Waals surface area (Å²) in [4.78, 5) is 27.2. The van der Waals surface area contributed by atoms with Crippen molar-refractivity contribution in [3.63, 3.8) is 0 Å². The highest BCUT2D eigenvalue weighted by molar-refractivity contribution is 9.10. The number of halogens is 1. The predicted molar refractivity (Wildman–Crippen MR) is 110 cm³/mol. The zero-order valence-corrected chi connectivity index (χ0v) is 16.6. The Balaban J connectivity index is 1.29. The van der Waals surface area contributed by atoms with E-state index >= 15 is 0 Å². The number of carbonyl (C=O) groups is 2. The normalized spacial score (nSPS) is 17.7. The van der Waals surface area contributed by atoms with Crippen molar-refractivity contribution in [2.75, 3.05) is 29.4 Å². The highest BCUT2D eigenvalue weighted by Gasteiger charge is 2.28. The maximum absolute atomic E-state index is 11.9. The smallest absolute Gasteiger partial charge is 0.328 e. The third-order valence-electron chi connectivity index (χ3n) is 5.32. The van der Waals surface area contributed by atoms with E-state index < -0.39 is 0 Å². The average Bonchev–Trinajstić information content (AvgIpc) is 2.62. The first-order valence-electron chi connectivity index (χ1n) is 9.30. The van der Waals surface area contributed by atoms with E-state index in [1.54, 1.807) is 4.90 Å². The number of imide groups is 1. The third kappa shape index (κ3) is 4.00. The van der Waals surface area contributed by atoms with Crippen molar-refractivity contribution in [3.8, 4) is 0 Å². The van der Waals surface area contributed by atoms with Gasteiger partial charge in [-0.2, -0.15) is 0 Å². The number of hydrogen-bond donors (Lipinski definition) is 1. The molecular weight excluding hydrogens is 406 g/mol. The van der Waals surface area contributed by atoms with Crippen molar-refractivity contribution >= 4 is 39.2 Å². The molecule has 140 valence electrons. The topological polar surface area (TPSA) is 52.7 Å². The first kappa shape index (κ1) is 18.0. The molecule has 2 saturated heterocycles. The van der Waals surface area contributed by atoms with Gasteiger partial charge in [0.05, 0.1) is 0 Å². The Kier molecular flexibility index (Phi) is 5.16. The summed E-state index contributed by atoms with van der Waals surface area (Å²) in [7, 11) is 0. The summed E-state index contributed by atoms with van der Waals surface area (Å²) < 4.78 is 1.19. The molecule has 0 unspecified atom stereocenters. The number of urea groups is 1. The Morgan fingerprint density at radius 1 is 1.00 bits per heavy atom. The van der Waals surface area contributed by atoms with Crippen molar-refractivity contribution in [2.45, 2.75) is 19.3 Å². The van der Waals surface area contributed by atoms with Gasteiger partial charge in [0.25, 0.3) is 0 Å². The fourth-order valence-electron chi connectivity index (χ4n) is 3.68. The molecular formula is C21H22BrN3O2. The van der Waals surface area contributed by atoms with E-state index in [4.69, 9.17) is 0 Å². The second kappa shape index (κ2) is 7.72. The summed E-state index contributed by atoms with van der Waals surface area (Å²) in [6.07, 6.45) is 2.64. The zero-order chi connectivity index (χ0) is 18.8. The van der Waals surface area contributed by atoms with Gasteiger partial charge in [-0.1, -0.05) is 34.1 Å². The van der Waals surface area contributed by atoms with E-state index in [-0.39, 0.29) is 11.9 Å². The summed E-state index contributed by atoms with van der Waals surface area (Å²) >= 11 is 3.62. The number of carbonyl (C=O) groups excluding carboxylic acids is 2. The lowest BCUT2D eigenvalue weighted by Crippen LogP contribution is -2.49. The SMILES string of the molecule is O=C1CCN(c2ccc(N3CC(CCc4ccccc4Br)C3)cc2)C(=O)N1. The first-order valence-corrected chi connectivity index (χ1v) is 10.1. The van der Waals surface area contributed by atoms with Gasteiger partial charge in [-0.05, 0) is 54.7 Å². The van der Waals surface area contributed by atoms with Crippen molar-refractivity contribution < 1.29 is 9.59 Å². The first-order chi connectivity index (χ1) is 13.1.